The zero-order valence-corrected chi connectivity index (χ0v) is 13.2. The molecule has 0 aliphatic carbocycles. The van der Waals surface area contributed by atoms with E-state index in [2.05, 4.69) is 4.98 Å². The second-order valence-electron chi connectivity index (χ2n) is 4.88. The number of carbonyl (C=O) groups is 1. The number of aldehydes is 1. The Balaban J connectivity index is 2.89. The van der Waals surface area contributed by atoms with Crippen LogP contribution in [0.4, 0.5) is 32.0 Å². The molecule has 144 valence electrons. The lowest BCUT2D eigenvalue weighted by Gasteiger charge is -2.14. The number of hydrogen-bond donors (Lipinski definition) is 0. The molecule has 0 radical (unpaired) electrons. The van der Waals surface area contributed by atoms with Crippen molar-refractivity contribution in [2.24, 2.45) is 0 Å². The van der Waals surface area contributed by atoms with Crippen LogP contribution in [0.1, 0.15) is 21.6 Å². The number of aromatic nitrogens is 2. The first kappa shape index (κ1) is 20.4. The van der Waals surface area contributed by atoms with E-state index in [1.165, 1.54) is 0 Å². The summed E-state index contributed by atoms with van der Waals surface area (Å²) in [6.07, 6.45) is -10.5. The van der Waals surface area contributed by atoms with Crippen LogP contribution in [0.3, 0.4) is 0 Å². The van der Waals surface area contributed by atoms with Gasteiger partial charge in [0, 0.05) is 6.07 Å². The maximum Gasteiger partial charge on any atom is 0.434 e. The van der Waals surface area contributed by atoms with Gasteiger partial charge in [0.05, 0.1) is 15.5 Å². The van der Waals surface area contributed by atoms with Gasteiger partial charge in [-0.25, -0.2) is 4.98 Å². The molecule has 0 saturated heterocycles. The Bertz CT molecular complexity index is 999. The van der Waals surface area contributed by atoms with Crippen molar-refractivity contribution in [3.8, 4) is 5.69 Å². The minimum absolute atomic E-state index is 0.0475. The smallest absolute Gasteiger partial charge is 0.298 e. The molecule has 0 amide bonds. The molecule has 2 aromatic rings. The van der Waals surface area contributed by atoms with Crippen LogP contribution in [-0.2, 0) is 12.4 Å². The Labute approximate surface area is 149 Å². The van der Waals surface area contributed by atoms with E-state index in [0.717, 1.165) is 0 Å². The summed E-state index contributed by atoms with van der Waals surface area (Å²) in [5.41, 5.74) is -8.86. The van der Waals surface area contributed by atoms with Crippen LogP contribution in [0, 0.1) is 10.1 Å². The SMILES string of the molecule is O=Cc1c(C(F)(F)F)ncn(-c2c(Cl)cc(C(F)(F)F)cc2[N+](=O)[O-])c1=O. The van der Waals surface area contributed by atoms with Crippen molar-refractivity contribution in [3.05, 3.63) is 60.8 Å². The van der Waals surface area contributed by atoms with E-state index >= 15 is 0 Å². The van der Waals surface area contributed by atoms with Gasteiger partial charge in [0.2, 0.25) is 0 Å². The predicted octanol–water partition coefficient (Wildman–Crippen LogP) is 3.64. The van der Waals surface area contributed by atoms with Gasteiger partial charge < -0.3 is 0 Å². The molecule has 27 heavy (non-hydrogen) atoms. The minimum atomic E-state index is -5.19. The molecular weight excluding hydrogens is 412 g/mol. The van der Waals surface area contributed by atoms with Crippen molar-refractivity contribution in [1.29, 1.82) is 0 Å². The van der Waals surface area contributed by atoms with E-state index < -0.39 is 62.3 Å². The third kappa shape index (κ3) is 3.77. The van der Waals surface area contributed by atoms with Crippen LogP contribution in [0.25, 0.3) is 5.69 Å². The molecule has 0 atom stereocenters. The van der Waals surface area contributed by atoms with Crippen LogP contribution in [0.5, 0.6) is 0 Å². The number of rotatable bonds is 3. The number of benzene rings is 1. The second-order valence-corrected chi connectivity index (χ2v) is 5.29. The molecule has 1 heterocycles. The number of carbonyl (C=O) groups excluding carboxylic acids is 1. The second kappa shape index (κ2) is 6.64. The standard InChI is InChI=1S/C13H4ClF6N3O4/c14-7-1-5(12(15,16)17)2-8(23(26)27)9(7)22-4-21-10(13(18,19)20)6(3-24)11(22)25/h1-4H. The summed E-state index contributed by atoms with van der Waals surface area (Å²) in [5.74, 6) is 0. The molecule has 1 aromatic heterocycles. The van der Waals surface area contributed by atoms with Gasteiger partial charge in [0.1, 0.15) is 17.6 Å². The van der Waals surface area contributed by atoms with Gasteiger partial charge in [0.15, 0.2) is 12.0 Å². The lowest BCUT2D eigenvalue weighted by molar-refractivity contribution is -0.384. The van der Waals surface area contributed by atoms with Crippen LogP contribution in [0.15, 0.2) is 23.3 Å². The number of alkyl halides is 6. The first-order valence-electron chi connectivity index (χ1n) is 6.48. The van der Waals surface area contributed by atoms with Gasteiger partial charge in [-0.2, -0.15) is 26.3 Å². The highest BCUT2D eigenvalue weighted by Crippen LogP contribution is 2.38. The van der Waals surface area contributed by atoms with Gasteiger partial charge in [-0.05, 0) is 6.07 Å². The molecule has 1 aromatic carbocycles. The van der Waals surface area contributed by atoms with Crippen molar-refractivity contribution >= 4 is 23.6 Å². The van der Waals surface area contributed by atoms with E-state index in [0.29, 0.717) is 0 Å². The van der Waals surface area contributed by atoms with Gasteiger partial charge >= 0.3 is 12.4 Å². The predicted molar refractivity (Wildman–Crippen MR) is 76.9 cm³/mol. The first-order valence-corrected chi connectivity index (χ1v) is 6.86. The highest BCUT2D eigenvalue weighted by Gasteiger charge is 2.39. The number of halogens is 7. The molecule has 0 saturated carbocycles. The molecule has 14 heteroatoms. The Morgan fingerprint density at radius 1 is 1.15 bits per heavy atom. The highest BCUT2D eigenvalue weighted by molar-refractivity contribution is 6.33. The average Bonchev–Trinajstić information content (AvgIpc) is 2.52. The molecule has 7 nitrogen and oxygen atoms in total. The molecule has 0 aliphatic heterocycles. The van der Waals surface area contributed by atoms with Crippen LogP contribution in [-0.4, -0.2) is 20.8 Å². The maximum atomic E-state index is 12.8. The van der Waals surface area contributed by atoms with Crippen LogP contribution in [0.2, 0.25) is 5.02 Å². The summed E-state index contributed by atoms with van der Waals surface area (Å²) in [7, 11) is 0. The molecular formula is C13H4ClF6N3O4. The number of nitro benzene ring substituents is 1. The fraction of sp³-hybridized carbons (Fsp3) is 0.154. The summed E-state index contributed by atoms with van der Waals surface area (Å²) >= 11 is 5.61. The highest BCUT2D eigenvalue weighted by atomic mass is 35.5. The summed E-state index contributed by atoms with van der Waals surface area (Å²) < 4.78 is 76.9. The third-order valence-electron chi connectivity index (χ3n) is 3.20. The Morgan fingerprint density at radius 3 is 2.19 bits per heavy atom. The number of hydrogen-bond acceptors (Lipinski definition) is 5. The largest absolute Gasteiger partial charge is 0.434 e. The fourth-order valence-electron chi connectivity index (χ4n) is 2.09. The van der Waals surface area contributed by atoms with Crippen molar-refractivity contribution in [2.75, 3.05) is 0 Å². The third-order valence-corrected chi connectivity index (χ3v) is 3.49. The van der Waals surface area contributed by atoms with Crippen molar-refractivity contribution in [3.63, 3.8) is 0 Å². The molecule has 0 N–H and O–H groups in total. The van der Waals surface area contributed by atoms with Gasteiger partial charge in [-0.15, -0.1) is 0 Å². The van der Waals surface area contributed by atoms with Crippen LogP contribution >= 0.6 is 11.6 Å². The zero-order chi connectivity index (χ0) is 20.7. The summed E-state index contributed by atoms with van der Waals surface area (Å²) in [6.45, 7) is 0. The van der Waals surface area contributed by atoms with Gasteiger partial charge in [-0.1, -0.05) is 11.6 Å². The lowest BCUT2D eigenvalue weighted by atomic mass is 10.1. The Hall–Kier alpha value is -2.96. The number of nitro groups is 1. The molecule has 2 rings (SSSR count). The summed E-state index contributed by atoms with van der Waals surface area (Å²) in [4.78, 5) is 35.7. The van der Waals surface area contributed by atoms with Crippen LogP contribution < -0.4 is 5.56 Å². The monoisotopic (exact) mass is 415 g/mol. The number of nitrogens with zero attached hydrogens (tertiary/aromatic N) is 3. The minimum Gasteiger partial charge on any atom is -0.298 e. The normalized spacial score (nSPS) is 12.1. The maximum absolute atomic E-state index is 12.8. The molecule has 0 spiro atoms. The first-order chi connectivity index (χ1) is 12.3. The summed E-state index contributed by atoms with van der Waals surface area (Å²) in [5, 5.41) is 10.2. The molecule has 0 unspecified atom stereocenters. The fourth-order valence-corrected chi connectivity index (χ4v) is 2.39. The van der Waals surface area contributed by atoms with Crippen molar-refractivity contribution in [2.45, 2.75) is 12.4 Å². The van der Waals surface area contributed by atoms with E-state index in [4.69, 9.17) is 11.6 Å². The van der Waals surface area contributed by atoms with E-state index in [1.54, 1.807) is 0 Å². The Morgan fingerprint density at radius 2 is 1.74 bits per heavy atom. The van der Waals surface area contributed by atoms with Crippen molar-refractivity contribution in [1.82, 2.24) is 9.55 Å². The zero-order valence-electron chi connectivity index (χ0n) is 12.4. The van der Waals surface area contributed by atoms with E-state index in [1.807, 2.05) is 0 Å². The Kier molecular flexibility index (Phi) is 5.01. The topological polar surface area (TPSA) is 95.1 Å². The molecule has 0 aliphatic rings. The quantitative estimate of drug-likeness (QED) is 0.330. The summed E-state index contributed by atoms with van der Waals surface area (Å²) in [6, 6.07) is 0.292. The van der Waals surface area contributed by atoms with E-state index in [-0.39, 0.29) is 23.0 Å². The molecule has 0 fully saturated rings. The van der Waals surface area contributed by atoms with E-state index in [9.17, 15) is 46.0 Å². The molecule has 0 bridgehead atoms. The average molecular weight is 416 g/mol. The lowest BCUT2D eigenvalue weighted by Crippen LogP contribution is -2.28. The van der Waals surface area contributed by atoms with Gasteiger partial charge in [-0.3, -0.25) is 24.3 Å². The van der Waals surface area contributed by atoms with Gasteiger partial charge in [0.25, 0.3) is 11.2 Å². The van der Waals surface area contributed by atoms with Crippen molar-refractivity contribution < 1.29 is 36.1 Å².